The summed E-state index contributed by atoms with van der Waals surface area (Å²) in [6.07, 6.45) is 2.48. The molecule has 4 nitrogen and oxygen atoms in total. The molecule has 4 heteroatoms. The Hall–Kier alpha value is -0.610. The second-order valence-electron chi connectivity index (χ2n) is 8.57. The van der Waals surface area contributed by atoms with Crippen LogP contribution in [0.2, 0.25) is 0 Å². The summed E-state index contributed by atoms with van der Waals surface area (Å²) in [6, 6.07) is 0. The van der Waals surface area contributed by atoms with E-state index >= 15 is 0 Å². The Kier molecular flexibility index (Phi) is 7.37. The molecule has 0 fully saturated rings. The summed E-state index contributed by atoms with van der Waals surface area (Å²) in [5, 5.41) is 9.23. The average molecular weight is 302 g/mol. The molecule has 0 aromatic rings. The first-order chi connectivity index (χ1) is 9.26. The first-order valence-electron chi connectivity index (χ1n) is 7.83. The van der Waals surface area contributed by atoms with Crippen molar-refractivity contribution >= 4 is 5.97 Å². The SMILES string of the molecule is CC(C)(C)CCCCC(OOC(C)(C)C(C)(C)C)C(=O)O. The lowest BCUT2D eigenvalue weighted by Gasteiger charge is -2.37. The van der Waals surface area contributed by atoms with E-state index in [1.54, 1.807) is 0 Å². The summed E-state index contributed by atoms with van der Waals surface area (Å²) in [7, 11) is 0. The van der Waals surface area contributed by atoms with Gasteiger partial charge in [-0.05, 0) is 37.5 Å². The maximum Gasteiger partial charge on any atom is 0.336 e. The van der Waals surface area contributed by atoms with Crippen LogP contribution >= 0.6 is 0 Å². The molecule has 0 rings (SSSR count). The lowest BCUT2D eigenvalue weighted by molar-refractivity contribution is -0.390. The van der Waals surface area contributed by atoms with E-state index in [9.17, 15) is 9.90 Å². The Bertz CT molecular complexity index is 321. The van der Waals surface area contributed by atoms with Crippen molar-refractivity contribution in [3.05, 3.63) is 0 Å². The smallest absolute Gasteiger partial charge is 0.336 e. The monoisotopic (exact) mass is 302 g/mol. The Morgan fingerprint density at radius 2 is 1.52 bits per heavy atom. The number of rotatable bonds is 8. The molecule has 0 spiro atoms. The van der Waals surface area contributed by atoms with Crippen LogP contribution in [-0.2, 0) is 14.6 Å². The van der Waals surface area contributed by atoms with Gasteiger partial charge in [-0.15, -0.1) is 0 Å². The fraction of sp³-hybridized carbons (Fsp3) is 0.941. The van der Waals surface area contributed by atoms with Crippen molar-refractivity contribution < 1.29 is 19.7 Å². The Balaban J connectivity index is 4.30. The molecule has 0 aromatic heterocycles. The number of hydrogen-bond acceptors (Lipinski definition) is 3. The van der Waals surface area contributed by atoms with E-state index < -0.39 is 17.7 Å². The lowest BCUT2D eigenvalue weighted by atomic mass is 9.79. The fourth-order valence-corrected chi connectivity index (χ4v) is 1.50. The van der Waals surface area contributed by atoms with E-state index in [0.717, 1.165) is 19.3 Å². The molecule has 1 atom stereocenters. The van der Waals surface area contributed by atoms with Crippen molar-refractivity contribution in [1.82, 2.24) is 0 Å². The van der Waals surface area contributed by atoms with Crippen molar-refractivity contribution in [2.45, 2.75) is 92.8 Å². The predicted octanol–water partition coefficient (Wildman–Crippen LogP) is 4.82. The highest BCUT2D eigenvalue weighted by molar-refractivity contribution is 5.72. The van der Waals surface area contributed by atoms with Crippen LogP contribution in [-0.4, -0.2) is 22.8 Å². The summed E-state index contributed by atoms with van der Waals surface area (Å²) >= 11 is 0. The van der Waals surface area contributed by atoms with Gasteiger partial charge >= 0.3 is 5.97 Å². The molecule has 0 bridgehead atoms. The fourth-order valence-electron chi connectivity index (χ4n) is 1.50. The summed E-state index contributed by atoms with van der Waals surface area (Å²) < 4.78 is 0. The maximum absolute atomic E-state index is 11.3. The Morgan fingerprint density at radius 1 is 1.00 bits per heavy atom. The third kappa shape index (κ3) is 8.42. The summed E-state index contributed by atoms with van der Waals surface area (Å²) in [5.41, 5.74) is -0.404. The number of hydrogen-bond donors (Lipinski definition) is 1. The van der Waals surface area contributed by atoms with Crippen LogP contribution in [0.4, 0.5) is 0 Å². The molecule has 0 aliphatic rings. The van der Waals surface area contributed by atoms with E-state index in [4.69, 9.17) is 9.78 Å². The molecule has 0 amide bonds. The highest BCUT2D eigenvalue weighted by Crippen LogP contribution is 2.33. The molecule has 126 valence electrons. The largest absolute Gasteiger partial charge is 0.479 e. The highest BCUT2D eigenvalue weighted by Gasteiger charge is 2.36. The zero-order valence-electron chi connectivity index (χ0n) is 15.1. The van der Waals surface area contributed by atoms with Crippen molar-refractivity contribution in [3.63, 3.8) is 0 Å². The van der Waals surface area contributed by atoms with Crippen LogP contribution in [0.5, 0.6) is 0 Å². The second kappa shape index (κ2) is 7.59. The third-order valence-electron chi connectivity index (χ3n) is 4.10. The minimum atomic E-state index is -0.963. The highest BCUT2D eigenvalue weighted by atomic mass is 17.2. The summed E-state index contributed by atoms with van der Waals surface area (Å²) in [5.74, 6) is -0.963. The third-order valence-corrected chi connectivity index (χ3v) is 4.10. The predicted molar refractivity (Wildman–Crippen MR) is 85.1 cm³/mol. The van der Waals surface area contributed by atoms with Crippen LogP contribution in [0.1, 0.15) is 81.1 Å². The van der Waals surface area contributed by atoms with Crippen molar-refractivity contribution in [3.8, 4) is 0 Å². The topological polar surface area (TPSA) is 55.8 Å². The lowest BCUT2D eigenvalue weighted by Crippen LogP contribution is -2.41. The number of carbonyl (C=O) groups is 1. The molecule has 1 unspecified atom stereocenters. The normalized spacial score (nSPS) is 15.0. The summed E-state index contributed by atoms with van der Waals surface area (Å²) in [6.45, 7) is 16.5. The molecule has 0 saturated heterocycles. The Morgan fingerprint density at radius 3 is 1.90 bits per heavy atom. The van der Waals surface area contributed by atoms with E-state index in [2.05, 4.69) is 20.8 Å². The van der Waals surface area contributed by atoms with Crippen LogP contribution in [0.15, 0.2) is 0 Å². The first kappa shape index (κ1) is 20.4. The van der Waals surface area contributed by atoms with Gasteiger partial charge < -0.3 is 5.11 Å². The van der Waals surface area contributed by atoms with E-state index in [-0.39, 0.29) is 10.8 Å². The van der Waals surface area contributed by atoms with Gasteiger partial charge in [-0.2, -0.15) is 0 Å². The van der Waals surface area contributed by atoms with Crippen LogP contribution in [0.3, 0.4) is 0 Å². The first-order valence-corrected chi connectivity index (χ1v) is 7.83. The second-order valence-corrected chi connectivity index (χ2v) is 8.57. The number of unbranched alkanes of at least 4 members (excludes halogenated alkanes) is 1. The quantitative estimate of drug-likeness (QED) is 0.397. The molecule has 0 aromatic carbocycles. The minimum absolute atomic E-state index is 0.137. The van der Waals surface area contributed by atoms with Crippen LogP contribution in [0.25, 0.3) is 0 Å². The van der Waals surface area contributed by atoms with Gasteiger partial charge in [0, 0.05) is 0 Å². The zero-order chi connectivity index (χ0) is 16.9. The molecule has 0 aliphatic carbocycles. The number of carboxylic acids is 1. The number of aliphatic carboxylic acids is 1. The molecule has 0 saturated carbocycles. The molecule has 0 radical (unpaired) electrons. The van der Waals surface area contributed by atoms with Crippen LogP contribution in [0, 0.1) is 10.8 Å². The Labute approximate surface area is 130 Å². The zero-order valence-corrected chi connectivity index (χ0v) is 15.1. The van der Waals surface area contributed by atoms with Gasteiger partial charge in [-0.3, -0.25) is 0 Å². The van der Waals surface area contributed by atoms with E-state index in [1.165, 1.54) is 0 Å². The molecular weight excluding hydrogens is 268 g/mol. The van der Waals surface area contributed by atoms with Gasteiger partial charge in [-0.1, -0.05) is 54.4 Å². The molecule has 0 heterocycles. The number of carboxylic acid groups (broad SMARTS) is 1. The molecule has 21 heavy (non-hydrogen) atoms. The average Bonchev–Trinajstić information content (AvgIpc) is 2.24. The van der Waals surface area contributed by atoms with Crippen molar-refractivity contribution in [2.75, 3.05) is 0 Å². The van der Waals surface area contributed by atoms with Crippen molar-refractivity contribution in [2.24, 2.45) is 10.8 Å². The molecule has 0 aliphatic heterocycles. The van der Waals surface area contributed by atoms with Gasteiger partial charge in [0.25, 0.3) is 0 Å². The van der Waals surface area contributed by atoms with Gasteiger partial charge in [0.05, 0.1) is 0 Å². The molecule has 1 N–H and O–H groups in total. The molecular formula is C17H34O4. The van der Waals surface area contributed by atoms with Gasteiger partial charge in [0.2, 0.25) is 0 Å². The van der Waals surface area contributed by atoms with Gasteiger partial charge in [0.1, 0.15) is 5.60 Å². The van der Waals surface area contributed by atoms with Crippen LogP contribution < -0.4 is 0 Å². The van der Waals surface area contributed by atoms with Gasteiger partial charge in [-0.25, -0.2) is 14.6 Å². The minimum Gasteiger partial charge on any atom is -0.479 e. The van der Waals surface area contributed by atoms with E-state index in [1.807, 2.05) is 34.6 Å². The van der Waals surface area contributed by atoms with Crippen molar-refractivity contribution in [1.29, 1.82) is 0 Å². The van der Waals surface area contributed by atoms with Gasteiger partial charge in [0.15, 0.2) is 6.10 Å². The standard InChI is InChI=1S/C17H34O4/c1-15(2,3)12-10-9-11-13(14(18)19)20-21-17(7,8)16(4,5)6/h13H,9-12H2,1-8H3,(H,18,19). The summed E-state index contributed by atoms with van der Waals surface area (Å²) in [4.78, 5) is 21.9. The maximum atomic E-state index is 11.3. The van der Waals surface area contributed by atoms with E-state index in [0.29, 0.717) is 6.42 Å².